The molecule has 0 atom stereocenters. The van der Waals surface area contributed by atoms with Crippen LogP contribution in [0.1, 0.15) is 57.6 Å². The average Bonchev–Trinajstić information content (AvgIpc) is 3.12. The van der Waals surface area contributed by atoms with Crippen LogP contribution in [0.5, 0.6) is 0 Å². The molecule has 0 unspecified atom stereocenters. The van der Waals surface area contributed by atoms with Crippen LogP contribution < -0.4 is 5.73 Å². The molecule has 146 valence electrons. The van der Waals surface area contributed by atoms with Crippen molar-refractivity contribution in [2.24, 2.45) is 5.73 Å². The summed E-state index contributed by atoms with van der Waals surface area (Å²) in [5.74, 6) is -2.86. The van der Waals surface area contributed by atoms with Gasteiger partial charge in [0.2, 0.25) is 0 Å². The predicted octanol–water partition coefficient (Wildman–Crippen LogP) is 6.34. The van der Waals surface area contributed by atoms with Crippen LogP contribution in [0.3, 0.4) is 0 Å². The molecule has 1 aromatic carbocycles. The molecule has 2 N–H and O–H groups in total. The maximum Gasteiger partial charge on any atom is 0.270 e. The lowest BCUT2D eigenvalue weighted by molar-refractivity contribution is 0.0174. The fraction of sp³-hybridized carbons (Fsp3) is 0.391. The van der Waals surface area contributed by atoms with Crippen LogP contribution in [0.4, 0.5) is 8.78 Å². The molecule has 1 aliphatic carbocycles. The quantitative estimate of drug-likeness (QED) is 0.566. The van der Waals surface area contributed by atoms with Gasteiger partial charge in [0.15, 0.2) is 0 Å². The SMILES string of the molecule is C=C(C)N(C(=C)/C(N)=C\C=C(/C)c1cccc(C(C)(F)F)c1)C1CCCC1. The normalized spacial score (nSPS) is 16.5. The molecule has 0 amide bonds. The van der Waals surface area contributed by atoms with Crippen LogP contribution in [-0.2, 0) is 5.92 Å². The number of rotatable bonds is 7. The molecule has 0 aliphatic heterocycles. The van der Waals surface area contributed by atoms with E-state index in [1.807, 2.05) is 26.0 Å². The molecule has 0 radical (unpaired) electrons. The van der Waals surface area contributed by atoms with Crippen LogP contribution >= 0.6 is 0 Å². The van der Waals surface area contributed by atoms with Crippen LogP contribution in [0, 0.1) is 0 Å². The molecule has 0 saturated heterocycles. The number of benzene rings is 1. The van der Waals surface area contributed by atoms with E-state index in [0.717, 1.165) is 42.3 Å². The lowest BCUT2D eigenvalue weighted by Crippen LogP contribution is -2.32. The minimum Gasteiger partial charge on any atom is -0.397 e. The number of nitrogens with two attached hydrogens (primary N) is 1. The molecule has 4 heteroatoms. The molecule has 2 nitrogen and oxygen atoms in total. The Morgan fingerprint density at radius 1 is 1.19 bits per heavy atom. The van der Waals surface area contributed by atoms with Gasteiger partial charge < -0.3 is 10.6 Å². The standard InChI is InChI=1S/C23H30F2N2/c1-16(2)27(21-11-6-7-12-21)18(4)22(26)14-13-17(3)19-9-8-10-20(15-19)23(5,24)25/h8-10,13-15,21H,1,4,6-7,11-12,26H2,2-3,5H3/b17-13+,22-14+. The first-order chi connectivity index (χ1) is 12.6. The van der Waals surface area contributed by atoms with E-state index < -0.39 is 5.92 Å². The molecule has 2 rings (SSSR count). The van der Waals surface area contributed by atoms with Crippen LogP contribution in [0.25, 0.3) is 5.57 Å². The molecule has 27 heavy (non-hydrogen) atoms. The molecular formula is C23H30F2N2. The molecule has 1 aromatic rings. The summed E-state index contributed by atoms with van der Waals surface area (Å²) >= 11 is 0. The Kier molecular flexibility index (Phi) is 6.63. The van der Waals surface area contributed by atoms with Crippen molar-refractivity contribution in [1.82, 2.24) is 4.90 Å². The zero-order valence-electron chi connectivity index (χ0n) is 16.6. The van der Waals surface area contributed by atoms with Gasteiger partial charge in [-0.3, -0.25) is 0 Å². The van der Waals surface area contributed by atoms with Crippen molar-refractivity contribution in [1.29, 1.82) is 0 Å². The predicted molar refractivity (Wildman–Crippen MR) is 110 cm³/mol. The van der Waals surface area contributed by atoms with Crippen LogP contribution in [0.15, 0.2) is 66.7 Å². The van der Waals surface area contributed by atoms with E-state index >= 15 is 0 Å². The molecule has 1 aliphatic rings. The van der Waals surface area contributed by atoms with Gasteiger partial charge in [0, 0.05) is 24.2 Å². The summed E-state index contributed by atoms with van der Waals surface area (Å²) in [5, 5.41) is 0. The van der Waals surface area contributed by atoms with Crippen LogP contribution in [-0.4, -0.2) is 10.9 Å². The Morgan fingerprint density at radius 2 is 1.81 bits per heavy atom. The van der Waals surface area contributed by atoms with E-state index in [0.29, 0.717) is 11.7 Å². The van der Waals surface area contributed by atoms with E-state index in [1.165, 1.54) is 25.0 Å². The Morgan fingerprint density at radius 3 is 2.37 bits per heavy atom. The molecular weight excluding hydrogens is 342 g/mol. The highest BCUT2D eigenvalue weighted by molar-refractivity contribution is 5.66. The maximum atomic E-state index is 13.6. The van der Waals surface area contributed by atoms with Crippen molar-refractivity contribution >= 4 is 5.57 Å². The third-order valence-electron chi connectivity index (χ3n) is 5.06. The van der Waals surface area contributed by atoms with E-state index in [-0.39, 0.29) is 5.56 Å². The fourth-order valence-corrected chi connectivity index (χ4v) is 3.51. The highest BCUT2D eigenvalue weighted by Crippen LogP contribution is 2.31. The molecule has 0 bridgehead atoms. The van der Waals surface area contributed by atoms with Gasteiger partial charge in [-0.2, -0.15) is 0 Å². The first-order valence-corrected chi connectivity index (χ1v) is 9.38. The number of nitrogens with zero attached hydrogens (tertiary/aromatic N) is 1. The van der Waals surface area contributed by atoms with Crippen molar-refractivity contribution in [2.75, 3.05) is 0 Å². The van der Waals surface area contributed by atoms with E-state index in [1.54, 1.807) is 12.1 Å². The Labute approximate surface area is 161 Å². The van der Waals surface area contributed by atoms with E-state index in [2.05, 4.69) is 18.1 Å². The van der Waals surface area contributed by atoms with Crippen molar-refractivity contribution < 1.29 is 8.78 Å². The van der Waals surface area contributed by atoms with Gasteiger partial charge >= 0.3 is 0 Å². The first-order valence-electron chi connectivity index (χ1n) is 9.38. The Balaban J connectivity index is 2.21. The summed E-state index contributed by atoms with van der Waals surface area (Å²) in [6.07, 6.45) is 8.29. The summed E-state index contributed by atoms with van der Waals surface area (Å²) in [5.41, 5.74) is 10.1. The molecule has 0 spiro atoms. The molecule has 1 saturated carbocycles. The summed E-state index contributed by atoms with van der Waals surface area (Å²) in [6.45, 7) is 13.0. The minimum absolute atomic E-state index is 0.00352. The topological polar surface area (TPSA) is 29.3 Å². The summed E-state index contributed by atoms with van der Waals surface area (Å²) in [6, 6.07) is 6.82. The molecule has 0 heterocycles. The van der Waals surface area contributed by atoms with Crippen molar-refractivity contribution in [3.05, 3.63) is 77.8 Å². The van der Waals surface area contributed by atoms with Gasteiger partial charge in [-0.15, -0.1) is 0 Å². The van der Waals surface area contributed by atoms with Crippen molar-refractivity contribution in [2.45, 2.75) is 58.4 Å². The molecule has 1 fully saturated rings. The van der Waals surface area contributed by atoms with Gasteiger partial charge in [0.05, 0.1) is 11.4 Å². The zero-order valence-corrected chi connectivity index (χ0v) is 16.6. The van der Waals surface area contributed by atoms with Gasteiger partial charge in [0.1, 0.15) is 0 Å². The van der Waals surface area contributed by atoms with E-state index in [9.17, 15) is 8.78 Å². The number of hydrogen-bond donors (Lipinski definition) is 1. The van der Waals surface area contributed by atoms with Crippen molar-refractivity contribution in [3.63, 3.8) is 0 Å². The first kappa shape index (κ1) is 20.9. The fourth-order valence-electron chi connectivity index (χ4n) is 3.51. The van der Waals surface area contributed by atoms with Gasteiger partial charge in [-0.1, -0.05) is 50.3 Å². The summed E-state index contributed by atoms with van der Waals surface area (Å²) in [7, 11) is 0. The van der Waals surface area contributed by atoms with Crippen LogP contribution in [0.2, 0.25) is 0 Å². The Bertz CT molecular complexity index is 763. The number of halogens is 2. The van der Waals surface area contributed by atoms with Gasteiger partial charge in [-0.05, 0) is 50.0 Å². The highest BCUT2D eigenvalue weighted by atomic mass is 19.3. The minimum atomic E-state index is -2.86. The lowest BCUT2D eigenvalue weighted by Gasteiger charge is -2.33. The second kappa shape index (κ2) is 8.55. The third kappa shape index (κ3) is 5.31. The van der Waals surface area contributed by atoms with Gasteiger partial charge in [-0.25, -0.2) is 8.78 Å². The largest absolute Gasteiger partial charge is 0.397 e. The number of alkyl halides is 2. The second-order valence-electron chi connectivity index (χ2n) is 7.43. The number of hydrogen-bond acceptors (Lipinski definition) is 2. The summed E-state index contributed by atoms with van der Waals surface area (Å²) in [4.78, 5) is 2.13. The third-order valence-corrected chi connectivity index (χ3v) is 5.06. The summed E-state index contributed by atoms with van der Waals surface area (Å²) < 4.78 is 27.1. The highest BCUT2D eigenvalue weighted by Gasteiger charge is 2.25. The lowest BCUT2D eigenvalue weighted by atomic mass is 10.0. The maximum absolute atomic E-state index is 13.6. The second-order valence-corrected chi connectivity index (χ2v) is 7.43. The number of allylic oxidation sites excluding steroid dienone is 4. The monoisotopic (exact) mass is 372 g/mol. The smallest absolute Gasteiger partial charge is 0.270 e. The Hall–Kier alpha value is -2.36. The zero-order chi connectivity index (χ0) is 20.2. The average molecular weight is 373 g/mol. The molecule has 0 aromatic heterocycles. The van der Waals surface area contributed by atoms with E-state index in [4.69, 9.17) is 5.73 Å². The van der Waals surface area contributed by atoms with Crippen molar-refractivity contribution in [3.8, 4) is 0 Å². The van der Waals surface area contributed by atoms with Gasteiger partial charge in [0.25, 0.3) is 5.92 Å².